The Morgan fingerprint density at radius 3 is 1.14 bits per heavy atom. The topological polar surface area (TPSA) is 9.23 Å². The van der Waals surface area contributed by atoms with Gasteiger partial charge in [-0.05, 0) is 0 Å². The summed E-state index contributed by atoms with van der Waals surface area (Å²) in [5.74, 6) is -15.6. The van der Waals surface area contributed by atoms with E-state index in [9.17, 15) is 60.9 Å². The van der Waals surface area contributed by atoms with Crippen molar-refractivity contribution in [3.05, 3.63) is 0 Å². The SMILES string of the molecule is FC(F)(F)O[Si](F)(F)C(F)(F)C(F)(F)C(F)(F)C(F)(F)F. The Kier molecular flexibility index (Phi) is 4.67. The van der Waals surface area contributed by atoms with Gasteiger partial charge < -0.3 is 0 Å². The lowest BCUT2D eigenvalue weighted by atomic mass is 10.1. The molecule has 0 aliphatic heterocycles. The normalized spacial score (nSPS) is 16.3. The van der Waals surface area contributed by atoms with E-state index < -0.39 is 38.9 Å². The van der Waals surface area contributed by atoms with E-state index in [1.807, 2.05) is 0 Å². The van der Waals surface area contributed by atoms with E-state index in [1.54, 1.807) is 0 Å². The van der Waals surface area contributed by atoms with Crippen molar-refractivity contribution in [3.63, 3.8) is 0 Å². The Balaban J connectivity index is 5.89. The number of hydrogen-bond donors (Lipinski definition) is 0. The molecule has 0 atom stereocenters. The molecule has 0 aromatic heterocycles. The fraction of sp³-hybridized carbons (Fsp3) is 1.00. The molecule has 21 heavy (non-hydrogen) atoms. The van der Waals surface area contributed by atoms with E-state index in [2.05, 4.69) is 0 Å². The lowest BCUT2D eigenvalue weighted by Gasteiger charge is -2.35. The molecule has 0 amide bonds. The molecule has 0 aliphatic rings. The first-order valence-electron chi connectivity index (χ1n) is 4.05. The van der Waals surface area contributed by atoms with Crippen molar-refractivity contribution >= 4 is 8.99 Å². The molecule has 0 aromatic carbocycles. The van der Waals surface area contributed by atoms with Crippen LogP contribution in [0.15, 0.2) is 0 Å². The minimum atomic E-state index is -9.08. The van der Waals surface area contributed by atoms with Gasteiger partial charge >= 0.3 is 38.9 Å². The van der Waals surface area contributed by atoms with Crippen molar-refractivity contribution in [2.45, 2.75) is 29.9 Å². The third-order valence-electron chi connectivity index (χ3n) is 1.75. The van der Waals surface area contributed by atoms with Crippen LogP contribution in [0.1, 0.15) is 0 Å². The van der Waals surface area contributed by atoms with Gasteiger partial charge in [0.2, 0.25) is 0 Å². The lowest BCUT2D eigenvalue weighted by molar-refractivity contribution is -0.391. The van der Waals surface area contributed by atoms with E-state index in [1.165, 1.54) is 4.43 Å². The van der Waals surface area contributed by atoms with Crippen LogP contribution in [0, 0.1) is 0 Å². The maximum absolute atomic E-state index is 12.5. The lowest BCUT2D eigenvalue weighted by Crippen LogP contribution is -2.69. The van der Waals surface area contributed by atoms with Crippen molar-refractivity contribution in [2.24, 2.45) is 0 Å². The van der Waals surface area contributed by atoms with Crippen LogP contribution >= 0.6 is 0 Å². The summed E-state index contributed by atoms with van der Waals surface area (Å²) in [5.41, 5.74) is -7.70. The molecule has 0 heterocycles. The number of hydrogen-bond acceptors (Lipinski definition) is 1. The Hall–Kier alpha value is -0.803. The van der Waals surface area contributed by atoms with Crippen molar-refractivity contribution in [1.82, 2.24) is 0 Å². The van der Waals surface area contributed by atoms with Gasteiger partial charge in [0, 0.05) is 0 Å². The van der Waals surface area contributed by atoms with Gasteiger partial charge in [-0.15, -0.1) is 13.2 Å². The van der Waals surface area contributed by atoms with Crippen LogP contribution in [-0.4, -0.2) is 38.9 Å². The van der Waals surface area contributed by atoms with Crippen LogP contribution in [0.3, 0.4) is 0 Å². The monoisotopic (exact) mass is 370 g/mol. The highest BCUT2D eigenvalue weighted by molar-refractivity contribution is 6.62. The first kappa shape index (κ1) is 20.2. The summed E-state index contributed by atoms with van der Waals surface area (Å²) in [4.78, 5) is 0. The van der Waals surface area contributed by atoms with Crippen molar-refractivity contribution in [3.8, 4) is 0 Å². The molecule has 0 fully saturated rings. The fourth-order valence-electron chi connectivity index (χ4n) is 0.767. The molecule has 0 unspecified atom stereocenters. The van der Waals surface area contributed by atoms with Crippen LogP contribution in [0.2, 0.25) is 0 Å². The van der Waals surface area contributed by atoms with Crippen LogP contribution in [-0.2, 0) is 4.43 Å². The molecule has 0 saturated carbocycles. The Labute approximate surface area is 105 Å². The molecule has 128 valence electrons. The molecule has 0 radical (unpaired) electrons. The zero-order valence-electron chi connectivity index (χ0n) is 8.70. The molecule has 1 nitrogen and oxygen atoms in total. The average Bonchev–Trinajstić information content (AvgIpc) is 2.10. The van der Waals surface area contributed by atoms with E-state index in [0.717, 1.165) is 0 Å². The highest BCUT2D eigenvalue weighted by atomic mass is 28.4. The second-order valence-corrected chi connectivity index (χ2v) is 5.15. The molecular formula is C5F14OSi. The molecule has 0 bridgehead atoms. The second-order valence-electron chi connectivity index (χ2n) is 3.29. The molecule has 0 aliphatic carbocycles. The first-order valence-corrected chi connectivity index (χ1v) is 5.72. The maximum atomic E-state index is 12.5. The number of rotatable bonds is 4. The highest BCUT2D eigenvalue weighted by Gasteiger charge is 2.90. The quantitative estimate of drug-likeness (QED) is 0.405. The van der Waals surface area contributed by atoms with E-state index in [0.29, 0.717) is 0 Å². The Morgan fingerprint density at radius 1 is 0.571 bits per heavy atom. The number of alkyl halides is 12. The Bertz CT molecular complexity index is 378. The van der Waals surface area contributed by atoms with Crippen molar-refractivity contribution < 1.29 is 65.3 Å². The molecule has 0 rings (SSSR count). The second kappa shape index (κ2) is 4.85. The Morgan fingerprint density at radius 2 is 0.905 bits per heavy atom. The van der Waals surface area contributed by atoms with Gasteiger partial charge in [-0.25, -0.2) is 8.22 Å². The largest absolute Gasteiger partial charge is 0.664 e. The van der Waals surface area contributed by atoms with Gasteiger partial charge in [-0.3, -0.25) is 4.43 Å². The summed E-state index contributed by atoms with van der Waals surface area (Å²) in [5, 5.41) is 0. The summed E-state index contributed by atoms with van der Waals surface area (Å²) < 4.78 is 169. The molecule has 16 heteroatoms. The van der Waals surface area contributed by atoms with Gasteiger partial charge in [0.05, 0.1) is 0 Å². The summed E-state index contributed by atoms with van der Waals surface area (Å²) in [6.45, 7) is 0. The van der Waals surface area contributed by atoms with Crippen LogP contribution in [0.4, 0.5) is 60.9 Å². The minimum Gasteiger partial charge on any atom is -0.274 e. The summed E-state index contributed by atoms with van der Waals surface area (Å²) in [6, 6.07) is 0. The third-order valence-corrected chi connectivity index (χ3v) is 3.29. The van der Waals surface area contributed by atoms with Gasteiger partial charge in [0.25, 0.3) is 0 Å². The van der Waals surface area contributed by atoms with Gasteiger partial charge in [-0.2, -0.15) is 39.5 Å². The molecule has 0 aromatic rings. The van der Waals surface area contributed by atoms with Crippen molar-refractivity contribution in [2.75, 3.05) is 0 Å². The van der Waals surface area contributed by atoms with E-state index in [4.69, 9.17) is 0 Å². The predicted octanol–water partition coefficient (Wildman–Crippen LogP) is 4.41. The molecule has 0 N–H and O–H groups in total. The molecular weight excluding hydrogens is 370 g/mol. The highest BCUT2D eigenvalue weighted by Crippen LogP contribution is 2.56. The van der Waals surface area contributed by atoms with Gasteiger partial charge in [0.1, 0.15) is 0 Å². The summed E-state index contributed by atoms with van der Waals surface area (Å²) in [7, 11) is -9.08. The zero-order valence-corrected chi connectivity index (χ0v) is 9.70. The summed E-state index contributed by atoms with van der Waals surface area (Å²) >= 11 is 0. The van der Waals surface area contributed by atoms with Gasteiger partial charge in [-0.1, -0.05) is 0 Å². The summed E-state index contributed by atoms with van der Waals surface area (Å²) in [6.07, 6.45) is -14.1. The first-order chi connectivity index (χ1) is 8.71. The molecule has 0 spiro atoms. The zero-order chi connectivity index (χ0) is 17.7. The average molecular weight is 370 g/mol. The standard InChI is InChI=1S/C5F14OSi/c6-1(7,3(10,11)12)2(8,9)4(13,14)21(18,19)20-5(15,16)17. The third kappa shape index (κ3) is 3.35. The smallest absolute Gasteiger partial charge is 0.274 e. The van der Waals surface area contributed by atoms with E-state index in [-0.39, 0.29) is 0 Å². The number of halogens is 14. The maximum Gasteiger partial charge on any atom is 0.664 e. The van der Waals surface area contributed by atoms with Crippen LogP contribution in [0.5, 0.6) is 0 Å². The predicted molar refractivity (Wildman–Crippen MR) is 36.0 cm³/mol. The minimum absolute atomic E-state index is 1.36. The van der Waals surface area contributed by atoms with Crippen LogP contribution < -0.4 is 0 Å². The molecule has 0 saturated heterocycles. The van der Waals surface area contributed by atoms with Crippen molar-refractivity contribution in [1.29, 1.82) is 0 Å². The van der Waals surface area contributed by atoms with E-state index >= 15 is 0 Å². The van der Waals surface area contributed by atoms with Crippen LogP contribution in [0.25, 0.3) is 0 Å². The van der Waals surface area contributed by atoms with Gasteiger partial charge in [0.15, 0.2) is 0 Å². The fourth-order valence-corrected chi connectivity index (χ4v) is 1.71.